The summed E-state index contributed by atoms with van der Waals surface area (Å²) in [5.41, 5.74) is 2.87. The van der Waals surface area contributed by atoms with E-state index in [1.165, 1.54) is 0 Å². The van der Waals surface area contributed by atoms with Crippen molar-refractivity contribution >= 4 is 16.9 Å². The number of amides is 1. The monoisotopic (exact) mass is 351 g/mol. The van der Waals surface area contributed by atoms with E-state index < -0.39 is 5.79 Å². The van der Waals surface area contributed by atoms with E-state index in [0.29, 0.717) is 49.1 Å². The van der Waals surface area contributed by atoms with E-state index in [9.17, 15) is 4.79 Å². The molecule has 0 aliphatic carbocycles. The Kier molecular flexibility index (Phi) is 3.43. The maximum absolute atomic E-state index is 12.8. The van der Waals surface area contributed by atoms with E-state index in [2.05, 4.69) is 10.3 Å². The van der Waals surface area contributed by atoms with Gasteiger partial charge in [0.05, 0.1) is 6.61 Å². The van der Waals surface area contributed by atoms with Crippen molar-refractivity contribution in [2.75, 3.05) is 13.1 Å². The first-order chi connectivity index (χ1) is 12.7. The summed E-state index contributed by atoms with van der Waals surface area (Å²) in [7, 11) is 0. The number of rotatable bonds is 1. The highest BCUT2D eigenvalue weighted by Gasteiger charge is 2.41. The number of carbonyl (C=O) groups excluding carboxylic acids is 1. The van der Waals surface area contributed by atoms with Crippen LogP contribution in [0.4, 0.5) is 0 Å². The van der Waals surface area contributed by atoms with E-state index in [1.54, 1.807) is 18.2 Å². The number of carbonyl (C=O) groups is 1. The summed E-state index contributed by atoms with van der Waals surface area (Å²) in [5.74, 6) is 0.217. The van der Waals surface area contributed by atoms with Gasteiger partial charge in [-0.05, 0) is 34.6 Å². The van der Waals surface area contributed by atoms with Crippen LogP contribution in [0.5, 0.6) is 5.75 Å². The maximum Gasteiger partial charge on any atom is 0.253 e. The predicted molar refractivity (Wildman–Crippen MR) is 91.5 cm³/mol. The fourth-order valence-corrected chi connectivity index (χ4v) is 3.56. The average molecular weight is 351 g/mol. The fourth-order valence-electron chi connectivity index (χ4n) is 3.56. The molecule has 0 unspecified atom stereocenters. The third-order valence-electron chi connectivity index (χ3n) is 5.07. The largest absolute Gasteiger partial charge is 0.462 e. The van der Waals surface area contributed by atoms with Crippen molar-refractivity contribution in [3.8, 4) is 5.75 Å². The topological polar surface area (TPSA) is 77.7 Å². The molecule has 132 valence electrons. The van der Waals surface area contributed by atoms with E-state index in [0.717, 1.165) is 11.3 Å². The predicted octanol–water partition coefficient (Wildman–Crippen LogP) is 2.76. The second-order valence-corrected chi connectivity index (χ2v) is 6.67. The number of benzene rings is 2. The fraction of sp³-hybridized carbons (Fsp3) is 0.316. The summed E-state index contributed by atoms with van der Waals surface area (Å²) < 4.78 is 16.9. The van der Waals surface area contributed by atoms with Gasteiger partial charge < -0.3 is 14.4 Å². The molecule has 5 rings (SSSR count). The zero-order chi connectivity index (χ0) is 17.6. The minimum absolute atomic E-state index is 0.0269. The molecule has 7 nitrogen and oxygen atoms in total. The van der Waals surface area contributed by atoms with Gasteiger partial charge in [0.1, 0.15) is 16.8 Å². The normalized spacial score (nSPS) is 18.5. The van der Waals surface area contributed by atoms with E-state index in [4.69, 9.17) is 14.1 Å². The molecule has 0 N–H and O–H groups in total. The van der Waals surface area contributed by atoms with Crippen LogP contribution in [0.3, 0.4) is 0 Å². The molecule has 7 heteroatoms. The lowest BCUT2D eigenvalue weighted by molar-refractivity contribution is -0.225. The van der Waals surface area contributed by atoms with Crippen LogP contribution in [0.2, 0.25) is 0 Å². The van der Waals surface area contributed by atoms with Gasteiger partial charge in [-0.3, -0.25) is 4.79 Å². The van der Waals surface area contributed by atoms with Crippen molar-refractivity contribution in [2.45, 2.75) is 25.2 Å². The van der Waals surface area contributed by atoms with Crippen LogP contribution >= 0.6 is 0 Å². The number of fused-ring (bicyclic) bond motifs is 2. The molecule has 26 heavy (non-hydrogen) atoms. The molecule has 3 heterocycles. The molecule has 1 spiro atoms. The standard InChI is InChI=1S/C19H17N3O4/c23-18(13-5-6-15-16(11-13)21-26-20-15)22-9-7-19(8-10-22)24-12-14-3-1-2-4-17(14)25-19/h1-6,11H,7-10,12H2. The van der Waals surface area contributed by atoms with Crippen LogP contribution in [-0.2, 0) is 11.3 Å². The van der Waals surface area contributed by atoms with E-state index in [-0.39, 0.29) is 5.91 Å². The van der Waals surface area contributed by atoms with Gasteiger partial charge >= 0.3 is 0 Å². The van der Waals surface area contributed by atoms with Crippen LogP contribution in [0.15, 0.2) is 47.1 Å². The summed E-state index contributed by atoms with van der Waals surface area (Å²) in [6.07, 6.45) is 1.28. The van der Waals surface area contributed by atoms with Gasteiger partial charge in [0.25, 0.3) is 5.91 Å². The van der Waals surface area contributed by atoms with E-state index >= 15 is 0 Å². The highest BCUT2D eigenvalue weighted by atomic mass is 16.7. The van der Waals surface area contributed by atoms with Crippen LogP contribution in [-0.4, -0.2) is 40.0 Å². The molecule has 2 aliphatic heterocycles. The smallest absolute Gasteiger partial charge is 0.253 e. The van der Waals surface area contributed by atoms with Crippen molar-refractivity contribution in [1.82, 2.24) is 15.2 Å². The van der Waals surface area contributed by atoms with Crippen molar-refractivity contribution in [2.24, 2.45) is 0 Å². The van der Waals surface area contributed by atoms with Crippen molar-refractivity contribution in [1.29, 1.82) is 0 Å². The van der Waals surface area contributed by atoms with Crippen molar-refractivity contribution < 1.29 is 18.9 Å². The molecule has 0 radical (unpaired) electrons. The molecule has 0 atom stereocenters. The molecule has 1 aromatic heterocycles. The van der Waals surface area contributed by atoms with Gasteiger partial charge in [-0.2, -0.15) is 0 Å². The van der Waals surface area contributed by atoms with Crippen LogP contribution < -0.4 is 4.74 Å². The number of piperidine rings is 1. The molecule has 1 amide bonds. The maximum atomic E-state index is 12.8. The highest BCUT2D eigenvalue weighted by molar-refractivity contribution is 5.97. The first-order valence-electron chi connectivity index (χ1n) is 8.65. The third-order valence-corrected chi connectivity index (χ3v) is 5.07. The number of para-hydroxylation sites is 1. The van der Waals surface area contributed by atoms with Gasteiger partial charge in [-0.1, -0.05) is 18.2 Å². The highest BCUT2D eigenvalue weighted by Crippen LogP contribution is 2.37. The first kappa shape index (κ1) is 15.3. The van der Waals surface area contributed by atoms with Crippen LogP contribution in [0.25, 0.3) is 11.0 Å². The van der Waals surface area contributed by atoms with E-state index in [1.807, 2.05) is 29.2 Å². The molecule has 2 aromatic carbocycles. The molecule has 3 aromatic rings. The second-order valence-electron chi connectivity index (χ2n) is 6.67. The molecule has 2 aliphatic rings. The molecule has 0 saturated carbocycles. The molecule has 1 fully saturated rings. The Hall–Kier alpha value is -2.93. The first-order valence-corrected chi connectivity index (χ1v) is 8.65. The minimum Gasteiger partial charge on any atom is -0.462 e. The SMILES string of the molecule is O=C(c1ccc2nonc2c1)N1CCC2(CC1)OCc1ccccc1O2. The zero-order valence-electron chi connectivity index (χ0n) is 14.1. The molecule has 1 saturated heterocycles. The Morgan fingerprint density at radius 2 is 1.85 bits per heavy atom. The Labute approximate surface area is 149 Å². The minimum atomic E-state index is -0.634. The number of hydrogen-bond acceptors (Lipinski definition) is 6. The van der Waals surface area contributed by atoms with Gasteiger partial charge in [0, 0.05) is 37.1 Å². The summed E-state index contributed by atoms with van der Waals surface area (Å²) in [5, 5.41) is 7.56. The quantitative estimate of drug-likeness (QED) is 0.671. The summed E-state index contributed by atoms with van der Waals surface area (Å²) in [6.45, 7) is 1.70. The lowest BCUT2D eigenvalue weighted by Crippen LogP contribution is -2.52. The third kappa shape index (κ3) is 2.52. The number of likely N-dealkylation sites (tertiary alicyclic amines) is 1. The lowest BCUT2D eigenvalue weighted by atomic mass is 10.0. The number of nitrogens with zero attached hydrogens (tertiary/aromatic N) is 3. The number of aromatic nitrogens is 2. The van der Waals surface area contributed by atoms with Crippen molar-refractivity contribution in [3.05, 3.63) is 53.6 Å². The molecular weight excluding hydrogens is 334 g/mol. The van der Waals surface area contributed by atoms with Crippen LogP contribution in [0, 0.1) is 0 Å². The Bertz CT molecular complexity index is 976. The summed E-state index contributed by atoms with van der Waals surface area (Å²) in [4.78, 5) is 14.6. The summed E-state index contributed by atoms with van der Waals surface area (Å²) in [6, 6.07) is 13.1. The lowest BCUT2D eigenvalue weighted by Gasteiger charge is -2.43. The Morgan fingerprint density at radius 1 is 1.04 bits per heavy atom. The summed E-state index contributed by atoms with van der Waals surface area (Å²) >= 11 is 0. The zero-order valence-corrected chi connectivity index (χ0v) is 14.1. The van der Waals surface area contributed by atoms with Crippen molar-refractivity contribution in [3.63, 3.8) is 0 Å². The van der Waals surface area contributed by atoms with Gasteiger partial charge in [0.2, 0.25) is 5.79 Å². The molecule has 0 bridgehead atoms. The molecular formula is C19H17N3O4. The Balaban J connectivity index is 1.30. The van der Waals surface area contributed by atoms with Crippen LogP contribution in [0.1, 0.15) is 28.8 Å². The Morgan fingerprint density at radius 3 is 2.73 bits per heavy atom. The second kappa shape index (κ2) is 5.81. The van der Waals surface area contributed by atoms with Gasteiger partial charge in [-0.25, -0.2) is 4.63 Å². The van der Waals surface area contributed by atoms with Gasteiger partial charge in [-0.15, -0.1) is 0 Å². The average Bonchev–Trinajstić information content (AvgIpc) is 3.16. The number of ether oxygens (including phenoxy) is 2. The van der Waals surface area contributed by atoms with Gasteiger partial charge in [0.15, 0.2) is 0 Å². The number of hydrogen-bond donors (Lipinski definition) is 0.